The fourth-order valence-corrected chi connectivity index (χ4v) is 3.85. The Kier molecular flexibility index (Phi) is 6.77. The molecule has 0 aromatic heterocycles. The summed E-state index contributed by atoms with van der Waals surface area (Å²) in [5.74, 6) is 3.00. The largest absolute Gasteiger partial charge is 0.493 e. The molecule has 0 saturated carbocycles. The van der Waals surface area contributed by atoms with Gasteiger partial charge in [0.25, 0.3) is 0 Å². The fourth-order valence-electron chi connectivity index (χ4n) is 3.85. The molecule has 6 nitrogen and oxygen atoms in total. The van der Waals surface area contributed by atoms with E-state index in [0.29, 0.717) is 28.7 Å². The lowest BCUT2D eigenvalue weighted by molar-refractivity contribution is 0.222. The first-order chi connectivity index (χ1) is 14.4. The van der Waals surface area contributed by atoms with E-state index in [2.05, 4.69) is 6.08 Å². The van der Waals surface area contributed by atoms with E-state index < -0.39 is 6.10 Å². The zero-order valence-corrected chi connectivity index (χ0v) is 18.4. The first-order valence-electron chi connectivity index (χ1n) is 10.00. The number of aliphatic hydroxyl groups excluding tert-OH is 1. The maximum Gasteiger partial charge on any atom is 0.203 e. The van der Waals surface area contributed by atoms with Crippen molar-refractivity contribution in [1.82, 2.24) is 0 Å². The molecule has 0 heterocycles. The molecular formula is C24H30O6. The molecule has 1 N–H and O–H groups in total. The van der Waals surface area contributed by atoms with Gasteiger partial charge in [-0.3, -0.25) is 0 Å². The summed E-state index contributed by atoms with van der Waals surface area (Å²) in [5, 5.41) is 11.3. The van der Waals surface area contributed by atoms with Gasteiger partial charge in [0.2, 0.25) is 5.75 Å². The minimum absolute atomic E-state index is 0.0121. The summed E-state index contributed by atoms with van der Waals surface area (Å²) in [7, 11) is 6.40. The third kappa shape index (κ3) is 4.05. The first kappa shape index (κ1) is 21.8. The quantitative estimate of drug-likeness (QED) is 0.683. The van der Waals surface area contributed by atoms with E-state index in [0.717, 1.165) is 35.1 Å². The number of benzene rings is 2. The highest BCUT2D eigenvalue weighted by atomic mass is 16.5. The number of hydrogen-bond acceptors (Lipinski definition) is 6. The summed E-state index contributed by atoms with van der Waals surface area (Å²) in [6.07, 6.45) is 2.79. The molecule has 1 aliphatic rings. The van der Waals surface area contributed by atoms with Crippen LogP contribution in [0.3, 0.4) is 0 Å². The number of hydrogen-bond donors (Lipinski definition) is 1. The number of rotatable bonds is 8. The van der Waals surface area contributed by atoms with Gasteiger partial charge in [-0.25, -0.2) is 0 Å². The highest BCUT2D eigenvalue weighted by molar-refractivity contribution is 5.79. The molecule has 6 heteroatoms. The van der Waals surface area contributed by atoms with E-state index in [1.54, 1.807) is 28.4 Å². The molecule has 3 rings (SSSR count). The molecule has 0 fully saturated rings. The van der Waals surface area contributed by atoms with Gasteiger partial charge >= 0.3 is 0 Å². The standard InChI is InChI=1S/C24H30O6/c1-14(2)30-20-12-15(10-11-19(20)26-3)22(25)16-8-7-9-17-18(16)13-21(27-4)24(29-6)23(17)28-5/h8,10-14,22,25H,7,9H2,1-6H3. The predicted octanol–water partition coefficient (Wildman–Crippen LogP) is 4.57. The Morgan fingerprint density at radius 3 is 2.13 bits per heavy atom. The van der Waals surface area contributed by atoms with Gasteiger partial charge in [0, 0.05) is 5.56 Å². The second kappa shape index (κ2) is 9.30. The number of allylic oxidation sites excluding steroid dienone is 1. The molecule has 1 atom stereocenters. The average Bonchev–Trinajstić information content (AvgIpc) is 2.76. The van der Waals surface area contributed by atoms with Crippen LogP contribution in [0.15, 0.2) is 30.3 Å². The normalized spacial score (nSPS) is 13.9. The SMILES string of the molecule is COc1ccc(C(O)C2=CCCc3c2cc(OC)c(OC)c3OC)cc1OC(C)C. The number of fused-ring (bicyclic) bond motifs is 1. The van der Waals surface area contributed by atoms with E-state index in [4.69, 9.17) is 23.7 Å². The number of aliphatic hydroxyl groups is 1. The van der Waals surface area contributed by atoms with Crippen LogP contribution in [0.25, 0.3) is 5.57 Å². The summed E-state index contributed by atoms with van der Waals surface area (Å²) in [5.41, 5.74) is 3.42. The lowest BCUT2D eigenvalue weighted by atomic mass is 9.84. The van der Waals surface area contributed by atoms with Gasteiger partial charge in [-0.1, -0.05) is 12.1 Å². The van der Waals surface area contributed by atoms with Crippen LogP contribution in [-0.4, -0.2) is 39.6 Å². The van der Waals surface area contributed by atoms with Crippen LogP contribution in [0.2, 0.25) is 0 Å². The van der Waals surface area contributed by atoms with Gasteiger partial charge < -0.3 is 28.8 Å². The third-order valence-corrected chi connectivity index (χ3v) is 5.16. The molecule has 0 saturated heterocycles. The fraction of sp³-hybridized carbons (Fsp3) is 0.417. The summed E-state index contributed by atoms with van der Waals surface area (Å²) in [6, 6.07) is 7.40. The molecule has 0 amide bonds. The van der Waals surface area contributed by atoms with E-state index in [9.17, 15) is 5.11 Å². The first-order valence-corrected chi connectivity index (χ1v) is 10.00. The Balaban J connectivity index is 2.07. The lowest BCUT2D eigenvalue weighted by Gasteiger charge is -2.26. The molecule has 0 spiro atoms. The van der Waals surface area contributed by atoms with Crippen molar-refractivity contribution in [2.75, 3.05) is 28.4 Å². The molecule has 0 aliphatic heterocycles. The number of methoxy groups -OCH3 is 4. The summed E-state index contributed by atoms with van der Waals surface area (Å²) in [4.78, 5) is 0. The molecular weight excluding hydrogens is 384 g/mol. The van der Waals surface area contributed by atoms with Crippen LogP contribution in [0.4, 0.5) is 0 Å². The van der Waals surface area contributed by atoms with Crippen molar-refractivity contribution in [2.24, 2.45) is 0 Å². The van der Waals surface area contributed by atoms with Gasteiger partial charge in [0.15, 0.2) is 23.0 Å². The maximum absolute atomic E-state index is 11.3. The van der Waals surface area contributed by atoms with Crippen LogP contribution >= 0.6 is 0 Å². The van der Waals surface area contributed by atoms with E-state index in [1.807, 2.05) is 38.1 Å². The van der Waals surface area contributed by atoms with Gasteiger partial charge in [-0.15, -0.1) is 0 Å². The van der Waals surface area contributed by atoms with Crippen LogP contribution in [0, 0.1) is 0 Å². The van der Waals surface area contributed by atoms with Crippen molar-refractivity contribution in [1.29, 1.82) is 0 Å². The number of ether oxygens (including phenoxy) is 5. The third-order valence-electron chi connectivity index (χ3n) is 5.16. The second-order valence-electron chi connectivity index (χ2n) is 7.35. The Labute approximate surface area is 178 Å². The second-order valence-corrected chi connectivity index (χ2v) is 7.35. The minimum atomic E-state index is -0.840. The molecule has 30 heavy (non-hydrogen) atoms. The van der Waals surface area contributed by atoms with Gasteiger partial charge in [-0.2, -0.15) is 0 Å². The van der Waals surface area contributed by atoms with E-state index in [1.165, 1.54) is 0 Å². The maximum atomic E-state index is 11.3. The zero-order chi connectivity index (χ0) is 21.8. The van der Waals surface area contributed by atoms with Crippen molar-refractivity contribution < 1.29 is 28.8 Å². The molecule has 1 unspecified atom stereocenters. The van der Waals surface area contributed by atoms with Crippen LogP contribution in [0.5, 0.6) is 28.7 Å². The molecule has 2 aromatic rings. The van der Waals surface area contributed by atoms with Crippen molar-refractivity contribution >= 4 is 5.57 Å². The zero-order valence-electron chi connectivity index (χ0n) is 18.4. The Hall–Kier alpha value is -2.86. The lowest BCUT2D eigenvalue weighted by Crippen LogP contribution is -2.11. The molecule has 162 valence electrons. The van der Waals surface area contributed by atoms with Gasteiger partial charge in [-0.05, 0) is 61.6 Å². The van der Waals surface area contributed by atoms with Gasteiger partial charge in [0.1, 0.15) is 6.10 Å². The Morgan fingerprint density at radius 2 is 1.53 bits per heavy atom. The van der Waals surface area contributed by atoms with Crippen molar-refractivity contribution in [3.63, 3.8) is 0 Å². The van der Waals surface area contributed by atoms with Crippen molar-refractivity contribution in [3.05, 3.63) is 47.0 Å². The summed E-state index contributed by atoms with van der Waals surface area (Å²) < 4.78 is 28.0. The summed E-state index contributed by atoms with van der Waals surface area (Å²) >= 11 is 0. The molecule has 2 aromatic carbocycles. The van der Waals surface area contributed by atoms with Gasteiger partial charge in [0.05, 0.1) is 34.5 Å². The van der Waals surface area contributed by atoms with Crippen molar-refractivity contribution in [3.8, 4) is 28.7 Å². The smallest absolute Gasteiger partial charge is 0.203 e. The Bertz CT molecular complexity index is 932. The molecule has 1 aliphatic carbocycles. The van der Waals surface area contributed by atoms with E-state index >= 15 is 0 Å². The predicted molar refractivity (Wildman–Crippen MR) is 116 cm³/mol. The van der Waals surface area contributed by atoms with Crippen LogP contribution < -0.4 is 23.7 Å². The summed E-state index contributed by atoms with van der Waals surface area (Å²) in [6.45, 7) is 3.91. The average molecular weight is 414 g/mol. The Morgan fingerprint density at radius 1 is 0.833 bits per heavy atom. The van der Waals surface area contributed by atoms with E-state index in [-0.39, 0.29) is 6.10 Å². The van der Waals surface area contributed by atoms with Crippen molar-refractivity contribution in [2.45, 2.75) is 38.9 Å². The molecule has 0 radical (unpaired) electrons. The monoisotopic (exact) mass is 414 g/mol. The highest BCUT2D eigenvalue weighted by Crippen LogP contribution is 2.48. The van der Waals surface area contributed by atoms with Crippen LogP contribution in [0.1, 0.15) is 43.1 Å². The highest BCUT2D eigenvalue weighted by Gasteiger charge is 2.28. The topological polar surface area (TPSA) is 66.4 Å². The minimum Gasteiger partial charge on any atom is -0.493 e. The molecule has 0 bridgehead atoms. The van der Waals surface area contributed by atoms with Crippen LogP contribution in [-0.2, 0) is 6.42 Å².